The number of nitrogens with zero attached hydrogens (tertiary/aromatic N) is 3. The molecule has 0 bridgehead atoms. The molecule has 24 heavy (non-hydrogen) atoms. The van der Waals surface area contributed by atoms with Crippen LogP contribution in [-0.2, 0) is 16.1 Å². The summed E-state index contributed by atoms with van der Waals surface area (Å²) in [4.78, 5) is 17.1. The van der Waals surface area contributed by atoms with Crippen LogP contribution in [0, 0.1) is 17.2 Å². The fourth-order valence-electron chi connectivity index (χ4n) is 4.56. The molecule has 0 aromatic heterocycles. The van der Waals surface area contributed by atoms with Gasteiger partial charge in [-0.3, -0.25) is 9.69 Å². The fourth-order valence-corrected chi connectivity index (χ4v) is 4.56. The van der Waals surface area contributed by atoms with Crippen molar-refractivity contribution >= 4 is 5.91 Å². The lowest BCUT2D eigenvalue weighted by Crippen LogP contribution is -2.50. The summed E-state index contributed by atoms with van der Waals surface area (Å²) in [5, 5.41) is 8.92. The minimum atomic E-state index is -0.404. The minimum Gasteiger partial charge on any atom is -0.352 e. The standard InChI is InChI=1S/C19H23N3O2/c1-13(2)16-12-24-19-7-8-21(17(19)9-18(23)22(16)19)11-15-5-3-14(10-20)4-6-15/h3-6,13,16-17H,7-9,11-12H2,1-2H3/t16-,17+,19-/m0/s1. The van der Waals surface area contributed by atoms with E-state index in [2.05, 4.69) is 29.7 Å². The average molecular weight is 325 g/mol. The van der Waals surface area contributed by atoms with Crippen molar-refractivity contribution < 1.29 is 9.53 Å². The van der Waals surface area contributed by atoms with Crippen LogP contribution in [0.2, 0.25) is 0 Å². The molecule has 126 valence electrons. The van der Waals surface area contributed by atoms with Gasteiger partial charge in [0.25, 0.3) is 0 Å². The topological polar surface area (TPSA) is 56.6 Å². The summed E-state index contributed by atoms with van der Waals surface area (Å²) in [6, 6.07) is 10.2. The van der Waals surface area contributed by atoms with Crippen LogP contribution in [0.3, 0.4) is 0 Å². The first kappa shape index (κ1) is 15.6. The van der Waals surface area contributed by atoms with Crippen LogP contribution in [0.25, 0.3) is 0 Å². The number of hydrogen-bond acceptors (Lipinski definition) is 4. The highest BCUT2D eigenvalue weighted by molar-refractivity contribution is 5.82. The molecule has 0 radical (unpaired) electrons. The predicted octanol–water partition coefficient (Wildman–Crippen LogP) is 2.12. The maximum absolute atomic E-state index is 12.6. The highest BCUT2D eigenvalue weighted by Gasteiger charge is 2.64. The van der Waals surface area contributed by atoms with Crippen molar-refractivity contribution in [2.24, 2.45) is 5.92 Å². The van der Waals surface area contributed by atoms with E-state index in [9.17, 15) is 4.79 Å². The molecule has 1 aromatic carbocycles. The molecule has 3 saturated heterocycles. The molecule has 3 aliphatic rings. The first-order valence-electron chi connectivity index (χ1n) is 8.74. The summed E-state index contributed by atoms with van der Waals surface area (Å²) < 4.78 is 6.26. The number of amides is 1. The van der Waals surface area contributed by atoms with Gasteiger partial charge < -0.3 is 9.64 Å². The zero-order valence-electron chi connectivity index (χ0n) is 14.2. The first-order valence-corrected chi connectivity index (χ1v) is 8.74. The molecule has 1 amide bonds. The quantitative estimate of drug-likeness (QED) is 0.854. The highest BCUT2D eigenvalue weighted by atomic mass is 16.5. The molecule has 0 N–H and O–H groups in total. The maximum atomic E-state index is 12.6. The van der Waals surface area contributed by atoms with Gasteiger partial charge in [0.05, 0.1) is 30.3 Å². The van der Waals surface area contributed by atoms with Gasteiger partial charge in [-0.1, -0.05) is 26.0 Å². The van der Waals surface area contributed by atoms with Crippen molar-refractivity contribution in [3.63, 3.8) is 0 Å². The Bertz CT molecular complexity index is 694. The van der Waals surface area contributed by atoms with Gasteiger partial charge in [0.15, 0.2) is 5.72 Å². The van der Waals surface area contributed by atoms with Crippen molar-refractivity contribution in [3.05, 3.63) is 35.4 Å². The Morgan fingerprint density at radius 2 is 2.12 bits per heavy atom. The number of rotatable bonds is 3. The van der Waals surface area contributed by atoms with Crippen molar-refractivity contribution in [2.75, 3.05) is 13.2 Å². The molecule has 0 aliphatic carbocycles. The second-order valence-electron chi connectivity index (χ2n) is 7.48. The minimum absolute atomic E-state index is 0.143. The Hall–Kier alpha value is -1.90. The third-order valence-corrected chi connectivity index (χ3v) is 5.84. The lowest BCUT2D eigenvalue weighted by molar-refractivity contribution is -0.139. The zero-order valence-corrected chi connectivity index (χ0v) is 14.2. The lowest BCUT2D eigenvalue weighted by Gasteiger charge is -2.34. The van der Waals surface area contributed by atoms with Crippen LogP contribution >= 0.6 is 0 Å². The van der Waals surface area contributed by atoms with Crippen LogP contribution in [0.4, 0.5) is 0 Å². The summed E-state index contributed by atoms with van der Waals surface area (Å²) in [5.41, 5.74) is 1.45. The van der Waals surface area contributed by atoms with E-state index in [4.69, 9.17) is 10.00 Å². The van der Waals surface area contributed by atoms with Gasteiger partial charge in [0, 0.05) is 25.9 Å². The van der Waals surface area contributed by atoms with E-state index in [0.717, 1.165) is 19.5 Å². The van der Waals surface area contributed by atoms with Crippen LogP contribution in [0.1, 0.15) is 37.8 Å². The molecule has 0 unspecified atom stereocenters. The Morgan fingerprint density at radius 1 is 1.38 bits per heavy atom. The number of likely N-dealkylation sites (tertiary alicyclic amines) is 1. The van der Waals surface area contributed by atoms with Crippen molar-refractivity contribution in [2.45, 2.75) is 51.0 Å². The van der Waals surface area contributed by atoms with Crippen molar-refractivity contribution in [1.82, 2.24) is 9.80 Å². The smallest absolute Gasteiger partial charge is 0.226 e. The predicted molar refractivity (Wildman–Crippen MR) is 88.7 cm³/mol. The molecule has 3 heterocycles. The summed E-state index contributed by atoms with van der Waals surface area (Å²) >= 11 is 0. The molecule has 4 rings (SSSR count). The molecular weight excluding hydrogens is 302 g/mol. The molecular formula is C19H23N3O2. The molecule has 3 atom stereocenters. The molecule has 5 heteroatoms. The van der Waals surface area contributed by atoms with E-state index in [-0.39, 0.29) is 18.0 Å². The second kappa shape index (κ2) is 5.58. The molecule has 1 spiro atoms. The van der Waals surface area contributed by atoms with E-state index in [1.807, 2.05) is 24.3 Å². The van der Waals surface area contributed by atoms with Gasteiger partial charge in [-0.15, -0.1) is 0 Å². The number of carbonyl (C=O) groups excluding carboxylic acids is 1. The van der Waals surface area contributed by atoms with E-state index in [0.29, 0.717) is 24.5 Å². The van der Waals surface area contributed by atoms with Gasteiger partial charge in [-0.05, 0) is 23.6 Å². The molecule has 5 nitrogen and oxygen atoms in total. The normalized spacial score (nSPS) is 32.2. The van der Waals surface area contributed by atoms with Gasteiger partial charge in [0.1, 0.15) is 0 Å². The largest absolute Gasteiger partial charge is 0.352 e. The van der Waals surface area contributed by atoms with E-state index in [1.54, 1.807) is 0 Å². The number of benzene rings is 1. The van der Waals surface area contributed by atoms with Crippen LogP contribution in [0.15, 0.2) is 24.3 Å². The zero-order chi connectivity index (χ0) is 16.9. The van der Waals surface area contributed by atoms with Crippen molar-refractivity contribution in [1.29, 1.82) is 5.26 Å². The summed E-state index contributed by atoms with van der Waals surface area (Å²) in [6.45, 7) is 6.73. The highest BCUT2D eigenvalue weighted by Crippen LogP contribution is 2.49. The molecule has 3 fully saturated rings. The number of nitriles is 1. The van der Waals surface area contributed by atoms with E-state index < -0.39 is 5.72 Å². The lowest BCUT2D eigenvalue weighted by atomic mass is 10.0. The fraction of sp³-hybridized carbons (Fsp3) is 0.579. The van der Waals surface area contributed by atoms with Gasteiger partial charge in [-0.25, -0.2) is 0 Å². The van der Waals surface area contributed by atoms with E-state index >= 15 is 0 Å². The summed E-state index contributed by atoms with van der Waals surface area (Å²) in [6.07, 6.45) is 1.45. The number of ether oxygens (including phenoxy) is 1. The van der Waals surface area contributed by atoms with Crippen LogP contribution in [-0.4, -0.2) is 46.7 Å². The SMILES string of the molecule is CC(C)[C@@H]1CO[C@@]23CCN(Cc4ccc(C#N)cc4)[C@@H]2CC(=O)N13. The summed E-state index contributed by atoms with van der Waals surface area (Å²) in [7, 11) is 0. The molecule has 3 aliphatic heterocycles. The maximum Gasteiger partial charge on any atom is 0.226 e. The van der Waals surface area contributed by atoms with Gasteiger partial charge >= 0.3 is 0 Å². The Balaban J connectivity index is 1.55. The first-order chi connectivity index (χ1) is 11.5. The number of carbonyl (C=O) groups is 1. The Labute approximate surface area is 142 Å². The second-order valence-corrected chi connectivity index (χ2v) is 7.48. The van der Waals surface area contributed by atoms with Crippen LogP contribution in [0.5, 0.6) is 0 Å². The molecule has 1 aromatic rings. The Kier molecular flexibility index (Phi) is 3.63. The third kappa shape index (κ3) is 2.17. The van der Waals surface area contributed by atoms with E-state index in [1.165, 1.54) is 5.56 Å². The summed E-state index contributed by atoms with van der Waals surface area (Å²) in [5.74, 6) is 0.653. The van der Waals surface area contributed by atoms with Gasteiger partial charge in [0.2, 0.25) is 5.91 Å². The Morgan fingerprint density at radius 3 is 2.79 bits per heavy atom. The third-order valence-electron chi connectivity index (χ3n) is 5.84. The monoisotopic (exact) mass is 325 g/mol. The average Bonchev–Trinajstić information content (AvgIpc) is 3.19. The van der Waals surface area contributed by atoms with Crippen molar-refractivity contribution in [3.8, 4) is 6.07 Å². The van der Waals surface area contributed by atoms with Gasteiger partial charge in [-0.2, -0.15) is 5.26 Å². The molecule has 0 saturated carbocycles. The van der Waals surface area contributed by atoms with Crippen LogP contribution < -0.4 is 0 Å². The number of hydrogen-bond donors (Lipinski definition) is 0.